The Morgan fingerprint density at radius 2 is 1.71 bits per heavy atom. The molecular weight excluding hydrogens is 514 g/mol. The third kappa shape index (κ3) is 4.11. The zero-order valence-corrected chi connectivity index (χ0v) is 24.6. The molecular formula is C35H45NO5. The predicted molar refractivity (Wildman–Crippen MR) is 155 cm³/mol. The van der Waals surface area contributed by atoms with Gasteiger partial charge >= 0.3 is 0 Å². The minimum atomic E-state index is -0.585. The Morgan fingerprint density at radius 1 is 0.927 bits per heavy atom. The average molecular weight is 560 g/mol. The Morgan fingerprint density at radius 3 is 2.44 bits per heavy atom. The fourth-order valence-electron chi connectivity index (χ4n) is 10.4. The Balaban J connectivity index is 0.925. The number of nitrogens with zero attached hydrogens (tertiary/aromatic N) is 1. The Kier molecular flexibility index (Phi) is 6.74. The molecule has 2 amide bonds. The van der Waals surface area contributed by atoms with Crippen LogP contribution in [0.25, 0.3) is 0 Å². The third-order valence-corrected chi connectivity index (χ3v) is 12.8. The number of amides is 2. The lowest BCUT2D eigenvalue weighted by molar-refractivity contribution is -0.207. The Hall–Kier alpha value is -2.44. The first kappa shape index (κ1) is 27.4. The highest BCUT2D eigenvalue weighted by Gasteiger charge is 2.67. The van der Waals surface area contributed by atoms with E-state index in [2.05, 4.69) is 19.9 Å². The molecule has 0 radical (unpaired) electrons. The summed E-state index contributed by atoms with van der Waals surface area (Å²) in [5.74, 6) is 1.67. The van der Waals surface area contributed by atoms with Crippen LogP contribution in [-0.2, 0) is 4.74 Å². The predicted octanol–water partition coefficient (Wildman–Crippen LogP) is 6.98. The number of hydrogen-bond acceptors (Lipinski definition) is 5. The van der Waals surface area contributed by atoms with E-state index in [0.29, 0.717) is 48.0 Å². The smallest absolute Gasteiger partial charge is 0.261 e. The highest BCUT2D eigenvalue weighted by molar-refractivity contribution is 6.21. The summed E-state index contributed by atoms with van der Waals surface area (Å²) in [7, 11) is 0. The van der Waals surface area contributed by atoms with Gasteiger partial charge in [-0.25, -0.2) is 0 Å². The van der Waals surface area contributed by atoms with Crippen LogP contribution in [0.1, 0.15) is 117 Å². The van der Waals surface area contributed by atoms with E-state index in [-0.39, 0.29) is 28.7 Å². The second-order valence-corrected chi connectivity index (χ2v) is 14.3. The average Bonchev–Trinajstić information content (AvgIpc) is 3.65. The first-order valence-electron chi connectivity index (χ1n) is 16.1. The highest BCUT2D eigenvalue weighted by atomic mass is 16.5. The van der Waals surface area contributed by atoms with Gasteiger partial charge in [-0.1, -0.05) is 26.0 Å². The van der Waals surface area contributed by atoms with E-state index in [0.717, 1.165) is 51.4 Å². The van der Waals surface area contributed by atoms with Gasteiger partial charge in [0.2, 0.25) is 0 Å². The molecule has 7 rings (SSSR count). The number of rotatable bonds is 7. The summed E-state index contributed by atoms with van der Waals surface area (Å²) in [6.07, 6.45) is 15.5. The van der Waals surface area contributed by atoms with Crippen LogP contribution in [0.5, 0.6) is 0 Å². The van der Waals surface area contributed by atoms with Crippen molar-refractivity contribution in [2.75, 3.05) is 13.2 Å². The molecule has 1 aromatic heterocycles. The first-order chi connectivity index (χ1) is 19.8. The van der Waals surface area contributed by atoms with Crippen LogP contribution in [0, 0.1) is 28.6 Å². The van der Waals surface area contributed by atoms with Gasteiger partial charge in [-0.05, 0) is 123 Å². The molecule has 0 bridgehead atoms. The summed E-state index contributed by atoms with van der Waals surface area (Å²) in [4.78, 5) is 26.6. The maximum absolute atomic E-state index is 12.6. The van der Waals surface area contributed by atoms with Crippen LogP contribution in [0.15, 0.2) is 47.3 Å². The standard InChI is InChI=1S/C35H45NO5/c1-33-15-11-25(41-19-6-5-18-36-31(37)26-7-3-4-8-27(26)32(36)38)21-24(33)9-10-30-29(33)12-16-34(2)28(13-17-35(30,34)39)23-14-20-40-22-23/h3-4,7-8,14,20,22,24-25,28-30,39H,5-6,9-13,15-19,21H2,1-2H3/t24?,25?,28?,29-,30-,33+,34-,35-/m1/s1. The lowest BCUT2D eigenvalue weighted by atomic mass is 9.43. The summed E-state index contributed by atoms with van der Waals surface area (Å²) < 4.78 is 11.9. The molecule has 4 aliphatic carbocycles. The van der Waals surface area contributed by atoms with E-state index in [1.807, 2.05) is 18.4 Å². The van der Waals surface area contributed by atoms with Crippen LogP contribution >= 0.6 is 0 Å². The number of carbonyl (C=O) groups excluding carboxylic acids is 2. The Labute approximate surface area is 243 Å². The van der Waals surface area contributed by atoms with Crippen molar-refractivity contribution < 1.29 is 23.8 Å². The van der Waals surface area contributed by atoms with Gasteiger partial charge in [0.05, 0.1) is 35.4 Å². The van der Waals surface area contributed by atoms with E-state index in [9.17, 15) is 14.7 Å². The molecule has 1 aromatic carbocycles. The third-order valence-electron chi connectivity index (χ3n) is 12.8. The van der Waals surface area contributed by atoms with Crippen LogP contribution in [0.2, 0.25) is 0 Å². The molecule has 220 valence electrons. The van der Waals surface area contributed by atoms with Crippen molar-refractivity contribution in [3.63, 3.8) is 0 Å². The van der Waals surface area contributed by atoms with Crippen molar-refractivity contribution in [1.82, 2.24) is 4.90 Å². The number of hydrogen-bond donors (Lipinski definition) is 1. The summed E-state index contributed by atoms with van der Waals surface area (Å²) in [6.45, 7) is 6.02. The molecule has 3 unspecified atom stereocenters. The molecule has 8 atom stereocenters. The van der Waals surface area contributed by atoms with E-state index in [1.54, 1.807) is 18.4 Å². The van der Waals surface area contributed by atoms with Crippen LogP contribution in [0.3, 0.4) is 0 Å². The van der Waals surface area contributed by atoms with E-state index in [1.165, 1.54) is 29.7 Å². The van der Waals surface area contributed by atoms with Gasteiger partial charge in [0.25, 0.3) is 11.8 Å². The fourth-order valence-corrected chi connectivity index (χ4v) is 10.4. The van der Waals surface area contributed by atoms with Crippen LogP contribution < -0.4 is 0 Å². The largest absolute Gasteiger partial charge is 0.472 e. The number of fused-ring (bicyclic) bond motifs is 6. The van der Waals surface area contributed by atoms with Crippen molar-refractivity contribution in [3.05, 3.63) is 59.5 Å². The van der Waals surface area contributed by atoms with Gasteiger partial charge in [0, 0.05) is 18.6 Å². The van der Waals surface area contributed by atoms with Crippen molar-refractivity contribution in [2.45, 2.75) is 102 Å². The number of carbonyl (C=O) groups is 2. The van der Waals surface area contributed by atoms with Gasteiger partial charge in [0.15, 0.2) is 0 Å². The zero-order chi connectivity index (χ0) is 28.4. The monoisotopic (exact) mass is 559 g/mol. The molecule has 2 heterocycles. The van der Waals surface area contributed by atoms with Gasteiger partial charge in [-0.3, -0.25) is 14.5 Å². The maximum atomic E-state index is 12.6. The molecule has 6 nitrogen and oxygen atoms in total. The summed E-state index contributed by atoms with van der Waals surface area (Å²) >= 11 is 0. The van der Waals surface area contributed by atoms with Crippen molar-refractivity contribution >= 4 is 11.8 Å². The molecule has 5 aliphatic rings. The zero-order valence-electron chi connectivity index (χ0n) is 24.6. The molecule has 41 heavy (non-hydrogen) atoms. The van der Waals surface area contributed by atoms with Gasteiger partial charge in [-0.2, -0.15) is 0 Å². The summed E-state index contributed by atoms with van der Waals surface area (Å²) in [5, 5.41) is 12.4. The van der Waals surface area contributed by atoms with E-state index < -0.39 is 5.60 Å². The molecule has 0 spiro atoms. The van der Waals surface area contributed by atoms with E-state index in [4.69, 9.17) is 9.15 Å². The fraction of sp³-hybridized carbons (Fsp3) is 0.657. The SMILES string of the molecule is C[C@]12CCC(OCCCCN3C(=O)c4ccccc4C3=O)CC1CC[C@@H]1[C@H]2CC[C@]2(C)C(c3ccoc3)CC[C@@]12O. The topological polar surface area (TPSA) is 80.0 Å². The lowest BCUT2D eigenvalue weighted by Gasteiger charge is -2.63. The molecule has 4 fully saturated rings. The van der Waals surface area contributed by atoms with Crippen molar-refractivity contribution in [2.24, 2.45) is 28.6 Å². The number of aliphatic hydroxyl groups is 1. The lowest BCUT2D eigenvalue weighted by Crippen LogP contribution is -2.62. The normalized spacial score (nSPS) is 39.8. The summed E-state index contributed by atoms with van der Waals surface area (Å²) in [6, 6.07) is 9.20. The van der Waals surface area contributed by atoms with Crippen molar-refractivity contribution in [3.8, 4) is 0 Å². The van der Waals surface area contributed by atoms with Gasteiger partial charge < -0.3 is 14.3 Å². The quantitative estimate of drug-likeness (QED) is 0.292. The van der Waals surface area contributed by atoms with Crippen LogP contribution in [-0.4, -0.2) is 46.7 Å². The highest BCUT2D eigenvalue weighted by Crippen LogP contribution is 2.70. The Bertz CT molecular complexity index is 1270. The minimum Gasteiger partial charge on any atom is -0.472 e. The number of furan rings is 1. The molecule has 1 N–H and O–H groups in total. The van der Waals surface area contributed by atoms with E-state index >= 15 is 0 Å². The number of unbranched alkanes of at least 4 members (excludes halogenated alkanes) is 1. The minimum absolute atomic E-state index is 0.0748. The van der Waals surface area contributed by atoms with Gasteiger partial charge in [0.1, 0.15) is 0 Å². The second-order valence-electron chi connectivity index (χ2n) is 14.3. The second kappa shape index (κ2) is 10.1. The number of ether oxygens (including phenoxy) is 1. The molecule has 4 saturated carbocycles. The first-order valence-corrected chi connectivity index (χ1v) is 16.1. The molecule has 0 saturated heterocycles. The molecule has 2 aromatic rings. The van der Waals surface area contributed by atoms with Crippen LogP contribution in [0.4, 0.5) is 0 Å². The maximum Gasteiger partial charge on any atom is 0.261 e. The summed E-state index contributed by atoms with van der Waals surface area (Å²) in [5.41, 5.74) is 1.93. The number of benzene rings is 1. The van der Waals surface area contributed by atoms with Crippen molar-refractivity contribution in [1.29, 1.82) is 0 Å². The van der Waals surface area contributed by atoms with Gasteiger partial charge in [-0.15, -0.1) is 0 Å². The number of imide groups is 1. The molecule has 1 aliphatic heterocycles. The molecule has 6 heteroatoms.